The number of esters is 1. The number of carbonyl (C=O) groups is 2. The number of carbonyl (C=O) groups excluding carboxylic acids is 2. The summed E-state index contributed by atoms with van der Waals surface area (Å²) >= 11 is 5.95. The van der Waals surface area contributed by atoms with Gasteiger partial charge in [-0.3, -0.25) is 4.79 Å². The van der Waals surface area contributed by atoms with E-state index in [2.05, 4.69) is 11.4 Å². The van der Waals surface area contributed by atoms with E-state index in [0.29, 0.717) is 28.6 Å². The number of nitrogens with one attached hydrogen (secondary N) is 1. The SMILES string of the molecule is CNCc1cc(C(=O)OC(C)(C)C)ccc1C1CCC(N(C)C(=O)c2ccc(Cl)cc2)CC1. The topological polar surface area (TPSA) is 58.6 Å². The molecule has 3 rings (SSSR count). The average molecular weight is 471 g/mol. The van der Waals surface area contributed by atoms with Crippen molar-refractivity contribution in [3.8, 4) is 0 Å². The van der Waals surface area contributed by atoms with E-state index < -0.39 is 5.60 Å². The second-order valence-corrected chi connectivity index (χ2v) is 10.3. The molecule has 0 bridgehead atoms. The number of halogens is 1. The Labute approximate surface area is 202 Å². The van der Waals surface area contributed by atoms with Gasteiger partial charge >= 0.3 is 5.97 Å². The minimum absolute atomic E-state index is 0.0349. The van der Waals surface area contributed by atoms with Gasteiger partial charge in [-0.1, -0.05) is 17.7 Å². The summed E-state index contributed by atoms with van der Waals surface area (Å²) in [6.45, 7) is 6.32. The van der Waals surface area contributed by atoms with Crippen LogP contribution < -0.4 is 5.32 Å². The molecule has 0 heterocycles. The monoisotopic (exact) mass is 470 g/mol. The molecule has 0 atom stereocenters. The number of rotatable bonds is 6. The molecule has 178 valence electrons. The summed E-state index contributed by atoms with van der Waals surface area (Å²) in [7, 11) is 3.81. The molecule has 1 fully saturated rings. The summed E-state index contributed by atoms with van der Waals surface area (Å²) in [5, 5.41) is 3.86. The maximum Gasteiger partial charge on any atom is 0.338 e. The molecule has 1 aliphatic carbocycles. The summed E-state index contributed by atoms with van der Waals surface area (Å²) in [6.07, 6.45) is 3.91. The molecule has 0 saturated heterocycles. The summed E-state index contributed by atoms with van der Waals surface area (Å²) < 4.78 is 5.54. The molecule has 2 aromatic rings. The van der Waals surface area contributed by atoms with E-state index in [1.807, 2.05) is 51.9 Å². The van der Waals surface area contributed by atoms with Crippen LogP contribution in [0.15, 0.2) is 42.5 Å². The van der Waals surface area contributed by atoms with Crippen LogP contribution in [0.25, 0.3) is 0 Å². The van der Waals surface area contributed by atoms with Crippen LogP contribution in [0.2, 0.25) is 5.02 Å². The van der Waals surface area contributed by atoms with Crippen LogP contribution in [-0.2, 0) is 11.3 Å². The predicted molar refractivity (Wildman–Crippen MR) is 133 cm³/mol. The first-order valence-electron chi connectivity index (χ1n) is 11.6. The van der Waals surface area contributed by atoms with Crippen LogP contribution in [0.3, 0.4) is 0 Å². The van der Waals surface area contributed by atoms with Crippen molar-refractivity contribution in [3.63, 3.8) is 0 Å². The average Bonchev–Trinajstić information content (AvgIpc) is 2.78. The van der Waals surface area contributed by atoms with Crippen molar-refractivity contribution in [1.82, 2.24) is 10.2 Å². The Morgan fingerprint density at radius 3 is 2.21 bits per heavy atom. The highest BCUT2D eigenvalue weighted by molar-refractivity contribution is 6.30. The van der Waals surface area contributed by atoms with Crippen LogP contribution in [0, 0.1) is 0 Å². The zero-order valence-corrected chi connectivity index (χ0v) is 21.0. The first kappa shape index (κ1) is 25.3. The Morgan fingerprint density at radius 2 is 1.64 bits per heavy atom. The van der Waals surface area contributed by atoms with Crippen molar-refractivity contribution in [2.45, 2.75) is 70.6 Å². The van der Waals surface area contributed by atoms with Crippen molar-refractivity contribution in [2.24, 2.45) is 0 Å². The molecule has 1 saturated carbocycles. The Morgan fingerprint density at radius 1 is 1.03 bits per heavy atom. The van der Waals surface area contributed by atoms with Gasteiger partial charge in [0.25, 0.3) is 5.91 Å². The third-order valence-corrected chi connectivity index (χ3v) is 6.49. The van der Waals surface area contributed by atoms with E-state index in [9.17, 15) is 9.59 Å². The number of hydrogen-bond acceptors (Lipinski definition) is 4. The fraction of sp³-hybridized carbons (Fsp3) is 0.481. The van der Waals surface area contributed by atoms with Gasteiger partial charge in [0, 0.05) is 30.2 Å². The summed E-state index contributed by atoms with van der Waals surface area (Å²) in [4.78, 5) is 27.3. The summed E-state index contributed by atoms with van der Waals surface area (Å²) in [5.74, 6) is 0.154. The van der Waals surface area contributed by atoms with Crippen LogP contribution in [0.4, 0.5) is 0 Å². The number of ether oxygens (including phenoxy) is 1. The highest BCUT2D eigenvalue weighted by Gasteiger charge is 2.29. The highest BCUT2D eigenvalue weighted by atomic mass is 35.5. The van der Waals surface area contributed by atoms with Crippen molar-refractivity contribution in [3.05, 3.63) is 69.7 Å². The van der Waals surface area contributed by atoms with Gasteiger partial charge in [0.1, 0.15) is 5.60 Å². The number of hydrogen-bond donors (Lipinski definition) is 1. The second-order valence-electron chi connectivity index (χ2n) is 9.87. The van der Waals surface area contributed by atoms with E-state index in [1.54, 1.807) is 24.3 Å². The summed E-state index contributed by atoms with van der Waals surface area (Å²) in [6, 6.07) is 13.2. The standard InChI is InChI=1S/C27H35ClN2O3/c1-27(2,3)33-26(32)20-10-15-24(21(16-20)17-29-4)18-8-13-23(14-9-18)30(5)25(31)19-6-11-22(28)12-7-19/h6-7,10-12,15-16,18,23,29H,8-9,13-14,17H2,1-5H3. The molecule has 5 nitrogen and oxygen atoms in total. The highest BCUT2D eigenvalue weighted by Crippen LogP contribution is 2.37. The predicted octanol–water partition coefficient (Wildman–Crippen LogP) is 5.81. The largest absolute Gasteiger partial charge is 0.456 e. The van der Waals surface area contributed by atoms with Gasteiger partial charge in [0.2, 0.25) is 0 Å². The first-order chi connectivity index (χ1) is 15.6. The van der Waals surface area contributed by atoms with Crippen LogP contribution in [-0.4, -0.2) is 42.5 Å². The van der Waals surface area contributed by atoms with Gasteiger partial charge in [-0.15, -0.1) is 0 Å². The minimum Gasteiger partial charge on any atom is -0.456 e. The minimum atomic E-state index is -0.521. The van der Waals surface area contributed by atoms with Crippen molar-refractivity contribution >= 4 is 23.5 Å². The smallest absolute Gasteiger partial charge is 0.338 e. The van der Waals surface area contributed by atoms with Crippen LogP contribution in [0.5, 0.6) is 0 Å². The van der Waals surface area contributed by atoms with Gasteiger partial charge in [-0.25, -0.2) is 4.79 Å². The molecule has 6 heteroatoms. The molecular formula is C27H35ClN2O3. The summed E-state index contributed by atoms with van der Waals surface area (Å²) in [5.41, 5.74) is 3.14. The molecule has 0 aromatic heterocycles. The van der Waals surface area contributed by atoms with E-state index in [-0.39, 0.29) is 17.9 Å². The maximum absolute atomic E-state index is 12.9. The molecule has 1 aliphatic rings. The molecule has 1 N–H and O–H groups in total. The van der Waals surface area contributed by atoms with E-state index in [0.717, 1.165) is 31.2 Å². The van der Waals surface area contributed by atoms with E-state index >= 15 is 0 Å². The lowest BCUT2D eigenvalue weighted by molar-refractivity contribution is 0.00692. The van der Waals surface area contributed by atoms with Gasteiger partial charge in [0.15, 0.2) is 0 Å². The normalized spacial score (nSPS) is 18.6. The maximum atomic E-state index is 12.9. The zero-order chi connectivity index (χ0) is 24.2. The third-order valence-electron chi connectivity index (χ3n) is 6.24. The first-order valence-corrected chi connectivity index (χ1v) is 12.0. The quantitative estimate of drug-likeness (QED) is 0.541. The van der Waals surface area contributed by atoms with Gasteiger partial charge in [0.05, 0.1) is 5.56 Å². The lowest BCUT2D eigenvalue weighted by Crippen LogP contribution is -2.39. The lowest BCUT2D eigenvalue weighted by Gasteiger charge is -2.35. The van der Waals surface area contributed by atoms with Crippen molar-refractivity contribution < 1.29 is 14.3 Å². The Hall–Kier alpha value is -2.37. The van der Waals surface area contributed by atoms with Gasteiger partial charge < -0.3 is 15.0 Å². The third kappa shape index (κ3) is 6.58. The molecule has 0 aliphatic heterocycles. The number of nitrogens with zero attached hydrogens (tertiary/aromatic N) is 1. The molecule has 0 spiro atoms. The van der Waals surface area contributed by atoms with Crippen LogP contribution >= 0.6 is 11.6 Å². The van der Waals surface area contributed by atoms with Gasteiger partial charge in [-0.2, -0.15) is 0 Å². The van der Waals surface area contributed by atoms with Gasteiger partial charge in [-0.05, 0) is 107 Å². The van der Waals surface area contributed by atoms with E-state index in [4.69, 9.17) is 16.3 Å². The number of benzene rings is 2. The molecule has 1 amide bonds. The number of amides is 1. The fourth-order valence-corrected chi connectivity index (χ4v) is 4.67. The molecule has 0 unspecified atom stereocenters. The second kappa shape index (κ2) is 10.7. The Kier molecular flexibility index (Phi) is 8.19. The van der Waals surface area contributed by atoms with Crippen molar-refractivity contribution in [2.75, 3.05) is 14.1 Å². The molecule has 0 radical (unpaired) electrons. The van der Waals surface area contributed by atoms with E-state index in [1.165, 1.54) is 5.56 Å². The molecule has 2 aromatic carbocycles. The molecular weight excluding hydrogens is 436 g/mol. The Balaban J connectivity index is 1.68. The van der Waals surface area contributed by atoms with Crippen LogP contribution in [0.1, 0.15) is 84.2 Å². The molecule has 33 heavy (non-hydrogen) atoms. The zero-order valence-electron chi connectivity index (χ0n) is 20.3. The Bertz CT molecular complexity index is 974. The van der Waals surface area contributed by atoms with Crippen molar-refractivity contribution in [1.29, 1.82) is 0 Å². The lowest BCUT2D eigenvalue weighted by atomic mass is 9.79. The fourth-order valence-electron chi connectivity index (χ4n) is 4.55.